The molecule has 72 heavy (non-hydrogen) atoms. The second-order valence-corrected chi connectivity index (χ2v) is 22.6. The first kappa shape index (κ1) is 69.5. The number of nitrogens with one attached hydrogen (secondary N) is 1. The molecule has 1 amide bonds. The summed E-state index contributed by atoms with van der Waals surface area (Å²) in [6.07, 6.45) is 66.3. The Morgan fingerprint density at radius 1 is 0.500 bits per heavy atom. The normalized spacial score (nSPS) is 14.3. The van der Waals surface area contributed by atoms with Gasteiger partial charge in [0, 0.05) is 12.8 Å². The van der Waals surface area contributed by atoms with Gasteiger partial charge in [0.15, 0.2) is 0 Å². The largest absolute Gasteiger partial charge is 0.472 e. The highest BCUT2D eigenvalue weighted by molar-refractivity contribution is 7.47. The number of amides is 1. The van der Waals surface area contributed by atoms with E-state index < -0.39 is 20.0 Å². The molecule has 0 rings (SSSR count). The van der Waals surface area contributed by atoms with Crippen molar-refractivity contribution in [3.8, 4) is 0 Å². The Morgan fingerprint density at radius 3 is 1.33 bits per heavy atom. The first-order chi connectivity index (χ1) is 34.9. The number of carbonyl (C=O) groups is 2. The van der Waals surface area contributed by atoms with Gasteiger partial charge < -0.3 is 19.4 Å². The van der Waals surface area contributed by atoms with Crippen LogP contribution in [0.25, 0.3) is 0 Å². The van der Waals surface area contributed by atoms with Gasteiger partial charge in [0.25, 0.3) is 0 Å². The maximum Gasteiger partial charge on any atom is 0.472 e. The molecule has 0 saturated carbocycles. The number of hydrogen-bond donors (Lipinski definition) is 2. The van der Waals surface area contributed by atoms with Crippen molar-refractivity contribution >= 4 is 19.7 Å². The number of allylic oxidation sites excluding steroid dienone is 11. The highest BCUT2D eigenvalue weighted by Gasteiger charge is 2.30. The Kier molecular flexibility index (Phi) is 50.1. The monoisotopic (exact) mass is 1030 g/mol. The van der Waals surface area contributed by atoms with Gasteiger partial charge in [0.2, 0.25) is 5.91 Å². The van der Waals surface area contributed by atoms with Crippen LogP contribution in [0.15, 0.2) is 72.9 Å². The third-order valence-corrected chi connectivity index (χ3v) is 13.9. The summed E-state index contributed by atoms with van der Waals surface area (Å²) in [7, 11) is 1.45. The summed E-state index contributed by atoms with van der Waals surface area (Å²) in [6.45, 7) is 6.85. The lowest BCUT2D eigenvalue weighted by Gasteiger charge is -2.27. The number of rotatable bonds is 53. The number of carbonyl (C=O) groups excluding carboxylic acids is 2. The summed E-state index contributed by atoms with van der Waals surface area (Å²) in [5, 5.41) is 3.00. The topological polar surface area (TPSA) is 111 Å². The number of phosphoric ester groups is 1. The van der Waals surface area contributed by atoms with Crippen LogP contribution < -0.4 is 5.32 Å². The molecule has 3 unspecified atom stereocenters. The van der Waals surface area contributed by atoms with Crippen molar-refractivity contribution < 1.29 is 37.3 Å². The van der Waals surface area contributed by atoms with Crippen molar-refractivity contribution in [2.24, 2.45) is 0 Å². The minimum atomic E-state index is -4.47. The van der Waals surface area contributed by atoms with Crippen LogP contribution in [0.4, 0.5) is 0 Å². The molecular formula is C62H114N2O7P+. The summed E-state index contributed by atoms with van der Waals surface area (Å²) in [5.41, 5.74) is 0. The number of esters is 1. The molecule has 0 bridgehead atoms. The second-order valence-electron chi connectivity index (χ2n) is 21.1. The number of unbranched alkanes of at least 4 members (excludes halogenated alkanes) is 27. The number of nitrogens with zero attached hydrogens (tertiary/aromatic N) is 1. The van der Waals surface area contributed by atoms with Crippen molar-refractivity contribution in [2.75, 3.05) is 40.9 Å². The van der Waals surface area contributed by atoms with E-state index in [9.17, 15) is 19.0 Å². The predicted molar refractivity (Wildman–Crippen MR) is 309 cm³/mol. The van der Waals surface area contributed by atoms with Crippen molar-refractivity contribution in [3.63, 3.8) is 0 Å². The van der Waals surface area contributed by atoms with E-state index in [4.69, 9.17) is 13.8 Å². The molecule has 0 fully saturated rings. The summed E-state index contributed by atoms with van der Waals surface area (Å²) >= 11 is 0. The van der Waals surface area contributed by atoms with E-state index in [2.05, 4.69) is 80.8 Å². The molecule has 0 aromatic rings. The molecule has 0 aliphatic heterocycles. The Bertz CT molecular complexity index is 1460. The molecule has 0 spiro atoms. The molecular weight excluding hydrogens is 916 g/mol. The zero-order valence-corrected chi connectivity index (χ0v) is 48.6. The Hall–Kier alpha value is -2.55. The average molecular weight is 1030 g/mol. The van der Waals surface area contributed by atoms with E-state index >= 15 is 0 Å². The summed E-state index contributed by atoms with van der Waals surface area (Å²) < 4.78 is 30.6. The first-order valence-electron chi connectivity index (χ1n) is 29.8. The fourth-order valence-electron chi connectivity index (χ4n) is 8.34. The fraction of sp³-hybridized carbons (Fsp3) is 0.774. The zero-order chi connectivity index (χ0) is 52.9. The Morgan fingerprint density at radius 2 is 0.903 bits per heavy atom. The van der Waals surface area contributed by atoms with E-state index in [-0.39, 0.29) is 37.9 Å². The molecule has 0 aromatic heterocycles. The smallest absolute Gasteiger partial charge is 0.456 e. The third-order valence-electron chi connectivity index (χ3n) is 12.9. The van der Waals surface area contributed by atoms with Gasteiger partial charge >= 0.3 is 13.8 Å². The van der Waals surface area contributed by atoms with Gasteiger partial charge in [0.05, 0.1) is 33.8 Å². The van der Waals surface area contributed by atoms with Crippen LogP contribution in [0.1, 0.15) is 258 Å². The summed E-state index contributed by atoms with van der Waals surface area (Å²) in [5.74, 6) is -0.597. The van der Waals surface area contributed by atoms with Crippen LogP contribution in [0.3, 0.4) is 0 Å². The minimum Gasteiger partial charge on any atom is -0.456 e. The maximum atomic E-state index is 13.5. The van der Waals surface area contributed by atoms with Crippen LogP contribution >= 0.6 is 7.82 Å². The van der Waals surface area contributed by atoms with Crippen molar-refractivity contribution in [1.82, 2.24) is 5.32 Å². The Labute approximate surface area is 444 Å². The third kappa shape index (κ3) is 52.3. The summed E-state index contributed by atoms with van der Waals surface area (Å²) in [6, 6.07) is -0.888. The number of ether oxygens (including phenoxy) is 1. The molecule has 10 heteroatoms. The van der Waals surface area contributed by atoms with E-state index in [0.29, 0.717) is 17.4 Å². The number of likely N-dealkylation sites (N-methyl/N-ethyl adjacent to an activating group) is 1. The minimum absolute atomic E-state index is 0.0260. The van der Waals surface area contributed by atoms with E-state index in [0.717, 1.165) is 70.6 Å². The molecule has 418 valence electrons. The van der Waals surface area contributed by atoms with Gasteiger partial charge in [-0.25, -0.2) is 4.57 Å². The fourth-order valence-corrected chi connectivity index (χ4v) is 9.08. The lowest BCUT2D eigenvalue weighted by atomic mass is 10.0. The first-order valence-corrected chi connectivity index (χ1v) is 31.3. The molecule has 0 heterocycles. The van der Waals surface area contributed by atoms with Gasteiger partial charge in [0.1, 0.15) is 19.3 Å². The van der Waals surface area contributed by atoms with Gasteiger partial charge in [-0.2, -0.15) is 0 Å². The van der Waals surface area contributed by atoms with Crippen molar-refractivity contribution in [1.29, 1.82) is 0 Å². The molecule has 0 saturated heterocycles. The second kappa shape index (κ2) is 51.9. The SMILES string of the molecule is CC/C=C/C/C=C/C/C=C/C/C=C/C/C=C/CCC(=O)NC(COP(=O)(O)OCC[N+](C)(C)C)C(/C=C/CCCCCCCCCCCCC)OC(=O)CCCCCCCCCCCCCCCCCCC. The maximum absolute atomic E-state index is 13.5. The van der Waals surface area contributed by atoms with Crippen molar-refractivity contribution in [3.05, 3.63) is 72.9 Å². The number of hydrogen-bond acceptors (Lipinski definition) is 6. The predicted octanol–water partition coefficient (Wildman–Crippen LogP) is 18.1. The van der Waals surface area contributed by atoms with E-state index in [1.54, 1.807) is 0 Å². The quantitative estimate of drug-likeness (QED) is 0.0205. The molecule has 9 nitrogen and oxygen atoms in total. The molecule has 0 aliphatic rings. The van der Waals surface area contributed by atoms with Gasteiger partial charge in [-0.15, -0.1) is 0 Å². The average Bonchev–Trinajstić information content (AvgIpc) is 3.34. The zero-order valence-electron chi connectivity index (χ0n) is 47.7. The van der Waals surface area contributed by atoms with Crippen LogP contribution in [0, 0.1) is 0 Å². The van der Waals surface area contributed by atoms with Crippen LogP contribution in [0.2, 0.25) is 0 Å². The van der Waals surface area contributed by atoms with Gasteiger partial charge in [-0.3, -0.25) is 18.6 Å². The molecule has 0 aromatic carbocycles. The molecule has 0 radical (unpaired) electrons. The molecule has 2 N–H and O–H groups in total. The van der Waals surface area contributed by atoms with Crippen LogP contribution in [-0.4, -0.2) is 74.3 Å². The lowest BCUT2D eigenvalue weighted by Crippen LogP contribution is -2.47. The molecule has 3 atom stereocenters. The highest BCUT2D eigenvalue weighted by atomic mass is 31.2. The van der Waals surface area contributed by atoms with Crippen LogP contribution in [-0.2, 0) is 27.9 Å². The number of phosphoric acid groups is 1. The van der Waals surface area contributed by atoms with E-state index in [1.807, 2.05) is 39.4 Å². The standard InChI is InChI=1S/C62H113N2O7P/c1-7-10-13-16-19-22-25-28-30-32-34-37-40-43-46-49-52-55-62(66)71-60(53-50-47-44-41-38-35-27-24-21-18-15-12-9-3)59(58-70-72(67,68)69-57-56-64(4,5)6)63-61(65)54-51-48-45-42-39-36-33-31-29-26-23-20-17-14-11-8-2/h11,14,20,23,29,31,36,39,45,48,50,53,59-60H,7-10,12-13,15-19,21-22,24-28,30,32-35,37-38,40-44,46-47,49,51-52,54-58H2,1-6H3,(H-,63,65,67,68)/p+1/b14-11+,23-20+,31-29+,39-36+,48-45+,53-50+. The Balaban J connectivity index is 5.43. The van der Waals surface area contributed by atoms with Gasteiger partial charge in [-0.05, 0) is 63.9 Å². The van der Waals surface area contributed by atoms with Crippen LogP contribution in [0.5, 0.6) is 0 Å². The van der Waals surface area contributed by atoms with E-state index in [1.165, 1.54) is 148 Å². The summed E-state index contributed by atoms with van der Waals surface area (Å²) in [4.78, 5) is 37.6. The van der Waals surface area contributed by atoms with Gasteiger partial charge in [-0.1, -0.05) is 255 Å². The highest BCUT2D eigenvalue weighted by Crippen LogP contribution is 2.43. The molecule has 0 aliphatic carbocycles. The number of quaternary nitrogens is 1. The lowest BCUT2D eigenvalue weighted by molar-refractivity contribution is -0.870. The van der Waals surface area contributed by atoms with Crippen molar-refractivity contribution in [2.45, 2.75) is 270 Å².